The van der Waals surface area contributed by atoms with E-state index < -0.39 is 0 Å². The van der Waals surface area contributed by atoms with Crippen molar-refractivity contribution in [2.75, 3.05) is 13.2 Å². The Bertz CT molecular complexity index is 351. The van der Waals surface area contributed by atoms with Crippen LogP contribution in [-0.4, -0.2) is 30.5 Å². The smallest absolute Gasteiger partial charge is 0.137 e. The Morgan fingerprint density at radius 3 is 2.21 bits per heavy atom. The summed E-state index contributed by atoms with van der Waals surface area (Å²) in [4.78, 5) is 0. The first-order valence-electron chi connectivity index (χ1n) is 6.82. The molecule has 0 bridgehead atoms. The van der Waals surface area contributed by atoms with Gasteiger partial charge in [0.2, 0.25) is 0 Å². The van der Waals surface area contributed by atoms with E-state index in [0.29, 0.717) is 18.3 Å². The average molecular weight is 267 g/mol. The molecule has 1 aromatic carbocycles. The van der Waals surface area contributed by atoms with Crippen LogP contribution in [0.15, 0.2) is 24.3 Å². The van der Waals surface area contributed by atoms with Gasteiger partial charge >= 0.3 is 0 Å². The van der Waals surface area contributed by atoms with Gasteiger partial charge in [-0.25, -0.2) is 0 Å². The van der Waals surface area contributed by atoms with Crippen molar-refractivity contribution in [1.29, 1.82) is 0 Å². The number of hydrogen-bond donors (Lipinski definition) is 2. The van der Waals surface area contributed by atoms with Crippen LogP contribution in [0.25, 0.3) is 0 Å². The first-order valence-corrected chi connectivity index (χ1v) is 6.82. The molecule has 2 atom stereocenters. The molecule has 108 valence electrons. The van der Waals surface area contributed by atoms with Gasteiger partial charge in [0.15, 0.2) is 0 Å². The summed E-state index contributed by atoms with van der Waals surface area (Å²) >= 11 is 0. The molecule has 1 rings (SSSR count). The lowest BCUT2D eigenvalue weighted by Crippen LogP contribution is -2.42. The second-order valence-corrected chi connectivity index (χ2v) is 5.04. The lowest BCUT2D eigenvalue weighted by Gasteiger charge is -2.24. The minimum absolute atomic E-state index is 0.0822. The lowest BCUT2D eigenvalue weighted by atomic mass is 10.0. The first kappa shape index (κ1) is 15.8. The molecule has 3 N–H and O–H groups in total. The number of hydrogen-bond acceptors (Lipinski definition) is 4. The summed E-state index contributed by atoms with van der Waals surface area (Å²) in [5.74, 6) is 1.98. The van der Waals surface area contributed by atoms with Crippen LogP contribution in [0, 0.1) is 5.92 Å². The Balaban J connectivity index is 2.59. The van der Waals surface area contributed by atoms with Crippen LogP contribution >= 0.6 is 0 Å². The summed E-state index contributed by atoms with van der Waals surface area (Å²) in [7, 11) is 0. The second-order valence-electron chi connectivity index (χ2n) is 5.04. The van der Waals surface area contributed by atoms with Crippen LogP contribution in [0.4, 0.5) is 0 Å². The highest BCUT2D eigenvalue weighted by Gasteiger charge is 2.19. The van der Waals surface area contributed by atoms with E-state index in [2.05, 4.69) is 13.8 Å². The normalized spacial score (nSPS) is 14.2. The van der Waals surface area contributed by atoms with E-state index >= 15 is 0 Å². The Morgan fingerprint density at radius 2 is 1.74 bits per heavy atom. The molecule has 0 radical (unpaired) electrons. The Kier molecular flexibility index (Phi) is 6.67. The van der Waals surface area contributed by atoms with Crippen molar-refractivity contribution < 1.29 is 14.6 Å². The zero-order valence-electron chi connectivity index (χ0n) is 12.0. The van der Waals surface area contributed by atoms with Gasteiger partial charge in [-0.05, 0) is 43.5 Å². The van der Waals surface area contributed by atoms with E-state index in [0.717, 1.165) is 12.2 Å². The topological polar surface area (TPSA) is 64.7 Å². The van der Waals surface area contributed by atoms with E-state index in [1.54, 1.807) is 0 Å². The zero-order chi connectivity index (χ0) is 14.3. The lowest BCUT2D eigenvalue weighted by molar-refractivity contribution is 0.0881. The molecule has 0 heterocycles. The van der Waals surface area contributed by atoms with Crippen LogP contribution in [0.1, 0.15) is 27.2 Å². The largest absolute Gasteiger partial charge is 0.494 e. The molecule has 0 aliphatic rings. The van der Waals surface area contributed by atoms with Gasteiger partial charge in [-0.3, -0.25) is 0 Å². The molecule has 19 heavy (non-hydrogen) atoms. The molecule has 0 aliphatic heterocycles. The molecule has 0 aliphatic carbocycles. The van der Waals surface area contributed by atoms with Crippen molar-refractivity contribution in [3.63, 3.8) is 0 Å². The highest BCUT2D eigenvalue weighted by molar-refractivity contribution is 5.31. The summed E-state index contributed by atoms with van der Waals surface area (Å²) < 4.78 is 11.1. The maximum absolute atomic E-state index is 9.38. The highest BCUT2D eigenvalue weighted by atomic mass is 16.5. The molecule has 2 unspecified atom stereocenters. The van der Waals surface area contributed by atoms with Gasteiger partial charge in [0.1, 0.15) is 17.6 Å². The van der Waals surface area contributed by atoms with Crippen LogP contribution in [0.3, 0.4) is 0 Å². The number of rotatable bonds is 8. The zero-order valence-corrected chi connectivity index (χ0v) is 12.0. The molecule has 0 spiro atoms. The summed E-state index contributed by atoms with van der Waals surface area (Å²) in [6.45, 7) is 6.70. The van der Waals surface area contributed by atoms with Crippen molar-refractivity contribution >= 4 is 0 Å². The van der Waals surface area contributed by atoms with Crippen molar-refractivity contribution in [3.8, 4) is 11.5 Å². The number of aliphatic hydroxyl groups excluding tert-OH is 1. The van der Waals surface area contributed by atoms with Crippen molar-refractivity contribution in [2.45, 2.75) is 39.3 Å². The summed E-state index contributed by atoms with van der Waals surface area (Å²) in [5.41, 5.74) is 6.05. The van der Waals surface area contributed by atoms with Crippen LogP contribution in [0.2, 0.25) is 0 Å². The molecule has 4 heteroatoms. The molecule has 0 saturated heterocycles. The third-order valence-corrected chi connectivity index (χ3v) is 2.82. The van der Waals surface area contributed by atoms with Crippen molar-refractivity contribution in [3.05, 3.63) is 24.3 Å². The molecular formula is C15H25NO3. The molecule has 0 fully saturated rings. The maximum atomic E-state index is 9.38. The summed E-state index contributed by atoms with van der Waals surface area (Å²) in [5, 5.41) is 9.38. The summed E-state index contributed by atoms with van der Waals surface area (Å²) in [6, 6.07) is 7.19. The molecule has 0 aromatic heterocycles. The average Bonchev–Trinajstić information content (AvgIpc) is 2.37. The number of benzene rings is 1. The molecule has 4 nitrogen and oxygen atoms in total. The Morgan fingerprint density at radius 1 is 1.16 bits per heavy atom. The van der Waals surface area contributed by atoms with Gasteiger partial charge in [0.25, 0.3) is 0 Å². The van der Waals surface area contributed by atoms with Gasteiger partial charge in [0, 0.05) is 6.04 Å². The van der Waals surface area contributed by atoms with Gasteiger partial charge in [-0.1, -0.05) is 13.8 Å². The van der Waals surface area contributed by atoms with E-state index in [4.69, 9.17) is 15.2 Å². The third kappa shape index (κ3) is 5.49. The quantitative estimate of drug-likeness (QED) is 0.758. The summed E-state index contributed by atoms with van der Waals surface area (Å²) in [6.07, 6.45) is 0.447. The molecule has 0 saturated carbocycles. The fourth-order valence-corrected chi connectivity index (χ4v) is 1.91. The van der Waals surface area contributed by atoms with E-state index in [1.165, 1.54) is 0 Å². The van der Waals surface area contributed by atoms with E-state index in [9.17, 15) is 5.11 Å². The monoisotopic (exact) mass is 267 g/mol. The maximum Gasteiger partial charge on any atom is 0.137 e. The number of aliphatic hydroxyl groups is 1. The number of nitrogens with two attached hydrogens (primary N) is 1. The van der Waals surface area contributed by atoms with Crippen LogP contribution in [-0.2, 0) is 0 Å². The fraction of sp³-hybridized carbons (Fsp3) is 0.600. The van der Waals surface area contributed by atoms with Gasteiger partial charge in [-0.15, -0.1) is 0 Å². The molecule has 0 amide bonds. The van der Waals surface area contributed by atoms with Gasteiger partial charge < -0.3 is 20.3 Å². The van der Waals surface area contributed by atoms with Crippen LogP contribution in [0.5, 0.6) is 11.5 Å². The molecular weight excluding hydrogens is 242 g/mol. The SMILES string of the molecule is CCOc1ccc(OC(CO)C(N)CC(C)C)cc1. The number of ether oxygens (including phenoxy) is 2. The Labute approximate surface area is 115 Å². The third-order valence-electron chi connectivity index (χ3n) is 2.82. The second kappa shape index (κ2) is 8.02. The highest BCUT2D eigenvalue weighted by Crippen LogP contribution is 2.20. The van der Waals surface area contributed by atoms with Crippen LogP contribution < -0.4 is 15.2 Å². The molecule has 1 aromatic rings. The van der Waals surface area contributed by atoms with E-state index in [-0.39, 0.29) is 18.8 Å². The fourth-order valence-electron chi connectivity index (χ4n) is 1.91. The minimum Gasteiger partial charge on any atom is -0.494 e. The first-order chi connectivity index (χ1) is 9.06. The van der Waals surface area contributed by atoms with E-state index in [1.807, 2.05) is 31.2 Å². The van der Waals surface area contributed by atoms with Crippen molar-refractivity contribution in [2.24, 2.45) is 11.7 Å². The predicted molar refractivity (Wildman–Crippen MR) is 76.5 cm³/mol. The van der Waals surface area contributed by atoms with Gasteiger partial charge in [-0.2, -0.15) is 0 Å². The van der Waals surface area contributed by atoms with Crippen molar-refractivity contribution in [1.82, 2.24) is 0 Å². The Hall–Kier alpha value is -1.26. The predicted octanol–water partition coefficient (Wildman–Crippen LogP) is 2.20. The standard InChI is InChI=1S/C15H25NO3/c1-4-18-12-5-7-13(8-6-12)19-15(10-17)14(16)9-11(2)3/h5-8,11,14-15,17H,4,9-10,16H2,1-3H3. The van der Waals surface area contributed by atoms with Gasteiger partial charge in [0.05, 0.1) is 13.2 Å². The minimum atomic E-state index is -0.375.